The molecule has 2 aliphatic carbocycles. The highest BCUT2D eigenvalue weighted by molar-refractivity contribution is 5.85. The number of hydrogen-bond donors (Lipinski definition) is 1. The summed E-state index contributed by atoms with van der Waals surface area (Å²) in [5.41, 5.74) is -0.900. The molecule has 0 aromatic heterocycles. The molecular formula is C21H36O4. The van der Waals surface area contributed by atoms with Gasteiger partial charge < -0.3 is 9.84 Å². The van der Waals surface area contributed by atoms with E-state index in [0.717, 1.165) is 51.4 Å². The normalized spacial score (nSPS) is 23.8. The lowest BCUT2D eigenvalue weighted by atomic mass is 9.58. The molecule has 0 spiro atoms. The number of carbonyl (C=O) groups excluding carboxylic acids is 1. The molecule has 2 rings (SSSR count). The van der Waals surface area contributed by atoms with Gasteiger partial charge in [-0.05, 0) is 50.4 Å². The minimum Gasteiger partial charge on any atom is -0.481 e. The van der Waals surface area contributed by atoms with Crippen molar-refractivity contribution < 1.29 is 19.4 Å². The lowest BCUT2D eigenvalue weighted by Gasteiger charge is -2.45. The number of rotatable bonds is 7. The summed E-state index contributed by atoms with van der Waals surface area (Å²) >= 11 is 0. The first-order chi connectivity index (χ1) is 11.9. The molecule has 0 aromatic rings. The summed E-state index contributed by atoms with van der Waals surface area (Å²) in [6.07, 6.45) is 10.5. The van der Waals surface area contributed by atoms with Gasteiger partial charge in [0.2, 0.25) is 0 Å². The van der Waals surface area contributed by atoms with Crippen molar-refractivity contribution in [3.05, 3.63) is 0 Å². The second kappa shape index (κ2) is 9.05. The van der Waals surface area contributed by atoms with E-state index in [1.807, 2.05) is 20.8 Å². The maximum absolute atomic E-state index is 13.2. The van der Waals surface area contributed by atoms with Crippen LogP contribution in [0, 0.1) is 29.1 Å². The molecule has 2 saturated carbocycles. The van der Waals surface area contributed by atoms with E-state index >= 15 is 0 Å². The first-order valence-electron chi connectivity index (χ1n) is 10.3. The lowest BCUT2D eigenvalue weighted by Crippen LogP contribution is -2.51. The van der Waals surface area contributed by atoms with Crippen LogP contribution in [0.2, 0.25) is 0 Å². The van der Waals surface area contributed by atoms with Crippen LogP contribution in [-0.2, 0) is 14.3 Å². The lowest BCUT2D eigenvalue weighted by molar-refractivity contribution is -0.177. The zero-order valence-corrected chi connectivity index (χ0v) is 16.3. The standard InChI is InChI=1S/C21H36O4/c1-15(2)14-25-20(24)21(3,17-12-8-5-9-13-17)18(19(22)23)16-10-6-4-7-11-16/h15-18H,4-14H2,1-3H3,(H,22,23). The average Bonchev–Trinajstić information content (AvgIpc) is 2.61. The topological polar surface area (TPSA) is 63.6 Å². The second-order valence-corrected chi connectivity index (χ2v) is 8.82. The fourth-order valence-corrected chi connectivity index (χ4v) is 5.06. The first kappa shape index (κ1) is 20.3. The molecule has 2 atom stereocenters. The summed E-state index contributed by atoms with van der Waals surface area (Å²) in [4.78, 5) is 25.5. The third-order valence-electron chi connectivity index (χ3n) is 6.47. The number of carboxylic acid groups (broad SMARTS) is 1. The Kier molecular flexibility index (Phi) is 7.33. The SMILES string of the molecule is CC(C)COC(=O)C(C)(C1CCCCC1)C(C(=O)O)C1CCCCC1. The Bertz CT molecular complexity index is 447. The van der Waals surface area contributed by atoms with Gasteiger partial charge in [0, 0.05) is 0 Å². The van der Waals surface area contributed by atoms with Crippen molar-refractivity contribution in [2.75, 3.05) is 6.61 Å². The van der Waals surface area contributed by atoms with Gasteiger partial charge in [0.05, 0.1) is 17.9 Å². The van der Waals surface area contributed by atoms with E-state index < -0.39 is 17.3 Å². The summed E-state index contributed by atoms with van der Waals surface area (Å²) in [6, 6.07) is 0. The molecule has 0 bridgehead atoms. The van der Waals surface area contributed by atoms with Gasteiger partial charge in [0.1, 0.15) is 0 Å². The van der Waals surface area contributed by atoms with Crippen LogP contribution in [0.15, 0.2) is 0 Å². The second-order valence-electron chi connectivity index (χ2n) is 8.82. The summed E-state index contributed by atoms with van der Waals surface area (Å²) in [5, 5.41) is 10.1. The number of carboxylic acids is 1. The highest BCUT2D eigenvalue weighted by Crippen LogP contribution is 2.50. The Hall–Kier alpha value is -1.06. The molecule has 25 heavy (non-hydrogen) atoms. The molecule has 4 heteroatoms. The van der Waals surface area contributed by atoms with Gasteiger partial charge in [0.25, 0.3) is 0 Å². The molecule has 0 heterocycles. The van der Waals surface area contributed by atoms with E-state index in [1.165, 1.54) is 12.8 Å². The first-order valence-corrected chi connectivity index (χ1v) is 10.3. The number of hydrogen-bond acceptors (Lipinski definition) is 3. The summed E-state index contributed by atoms with van der Waals surface area (Å²) in [5.74, 6) is -1.20. The van der Waals surface area contributed by atoms with Gasteiger partial charge in [-0.1, -0.05) is 52.4 Å². The third kappa shape index (κ3) is 4.77. The van der Waals surface area contributed by atoms with Gasteiger partial charge in [-0.15, -0.1) is 0 Å². The quantitative estimate of drug-likeness (QED) is 0.651. The van der Waals surface area contributed by atoms with Crippen molar-refractivity contribution in [2.24, 2.45) is 29.1 Å². The Morgan fingerprint density at radius 1 is 1.00 bits per heavy atom. The van der Waals surface area contributed by atoms with Gasteiger partial charge >= 0.3 is 11.9 Å². The monoisotopic (exact) mass is 352 g/mol. The predicted molar refractivity (Wildman–Crippen MR) is 98.2 cm³/mol. The van der Waals surface area contributed by atoms with Crippen LogP contribution >= 0.6 is 0 Å². The number of carbonyl (C=O) groups is 2. The molecule has 1 N–H and O–H groups in total. The molecule has 4 nitrogen and oxygen atoms in total. The minimum absolute atomic E-state index is 0.102. The maximum Gasteiger partial charge on any atom is 0.312 e. The van der Waals surface area contributed by atoms with Crippen LogP contribution in [0.25, 0.3) is 0 Å². The number of aliphatic carboxylic acids is 1. The van der Waals surface area contributed by atoms with E-state index in [9.17, 15) is 14.7 Å². The van der Waals surface area contributed by atoms with Crippen molar-refractivity contribution >= 4 is 11.9 Å². The van der Waals surface area contributed by atoms with Crippen LogP contribution in [0.4, 0.5) is 0 Å². The van der Waals surface area contributed by atoms with Crippen molar-refractivity contribution in [1.82, 2.24) is 0 Å². The average molecular weight is 353 g/mol. The van der Waals surface area contributed by atoms with Crippen molar-refractivity contribution in [1.29, 1.82) is 0 Å². The van der Waals surface area contributed by atoms with E-state index in [4.69, 9.17) is 4.74 Å². The molecule has 0 radical (unpaired) electrons. The van der Waals surface area contributed by atoms with E-state index in [0.29, 0.717) is 6.61 Å². The van der Waals surface area contributed by atoms with Gasteiger partial charge in [-0.3, -0.25) is 9.59 Å². The zero-order valence-electron chi connectivity index (χ0n) is 16.3. The predicted octanol–water partition coefficient (Wildman–Crippen LogP) is 5.05. The van der Waals surface area contributed by atoms with E-state index in [1.54, 1.807) is 0 Å². The van der Waals surface area contributed by atoms with Crippen LogP contribution < -0.4 is 0 Å². The summed E-state index contributed by atoms with van der Waals surface area (Å²) in [7, 11) is 0. The van der Waals surface area contributed by atoms with Crippen LogP contribution in [0.5, 0.6) is 0 Å². The number of ether oxygens (including phenoxy) is 1. The van der Waals surface area contributed by atoms with Gasteiger partial charge in [-0.25, -0.2) is 0 Å². The molecule has 144 valence electrons. The van der Waals surface area contributed by atoms with E-state index in [-0.39, 0.29) is 23.7 Å². The van der Waals surface area contributed by atoms with Crippen molar-refractivity contribution in [2.45, 2.75) is 85.0 Å². The summed E-state index contributed by atoms with van der Waals surface area (Å²) in [6.45, 7) is 6.30. The van der Waals surface area contributed by atoms with Crippen LogP contribution in [-0.4, -0.2) is 23.7 Å². The van der Waals surface area contributed by atoms with Crippen molar-refractivity contribution in [3.63, 3.8) is 0 Å². The third-order valence-corrected chi connectivity index (χ3v) is 6.47. The molecule has 0 aromatic carbocycles. The van der Waals surface area contributed by atoms with Crippen LogP contribution in [0.3, 0.4) is 0 Å². The fourth-order valence-electron chi connectivity index (χ4n) is 5.06. The molecule has 0 aliphatic heterocycles. The molecular weight excluding hydrogens is 316 g/mol. The van der Waals surface area contributed by atoms with Crippen molar-refractivity contribution in [3.8, 4) is 0 Å². The highest BCUT2D eigenvalue weighted by Gasteiger charge is 2.54. The largest absolute Gasteiger partial charge is 0.481 e. The zero-order chi connectivity index (χ0) is 18.4. The fraction of sp³-hybridized carbons (Fsp3) is 0.905. The smallest absolute Gasteiger partial charge is 0.312 e. The van der Waals surface area contributed by atoms with Gasteiger partial charge in [-0.2, -0.15) is 0 Å². The van der Waals surface area contributed by atoms with E-state index in [2.05, 4.69) is 0 Å². The Labute approximate surface area is 152 Å². The molecule has 0 saturated heterocycles. The molecule has 2 aliphatic rings. The van der Waals surface area contributed by atoms with Gasteiger partial charge in [0.15, 0.2) is 0 Å². The maximum atomic E-state index is 13.2. The molecule has 0 amide bonds. The Balaban J connectivity index is 2.32. The molecule has 2 unspecified atom stereocenters. The molecule has 2 fully saturated rings. The summed E-state index contributed by atoms with van der Waals surface area (Å²) < 4.78 is 5.64. The Morgan fingerprint density at radius 2 is 1.52 bits per heavy atom. The number of esters is 1. The minimum atomic E-state index is -0.900. The Morgan fingerprint density at radius 3 is 2.00 bits per heavy atom. The van der Waals surface area contributed by atoms with Crippen LogP contribution in [0.1, 0.15) is 85.0 Å². The highest BCUT2D eigenvalue weighted by atomic mass is 16.5.